The zero-order chi connectivity index (χ0) is 13.8. The third kappa shape index (κ3) is 3.49. The van der Waals surface area contributed by atoms with Gasteiger partial charge in [-0.05, 0) is 42.7 Å². The van der Waals surface area contributed by atoms with Gasteiger partial charge < -0.3 is 10.5 Å². The molecule has 0 heterocycles. The minimum atomic E-state index is -0.0251. The summed E-state index contributed by atoms with van der Waals surface area (Å²) >= 11 is 6.20. The number of rotatable bonds is 4. The first-order chi connectivity index (χ1) is 9.08. The Morgan fingerprint density at radius 3 is 2.58 bits per heavy atom. The van der Waals surface area contributed by atoms with Gasteiger partial charge in [-0.3, -0.25) is 0 Å². The van der Waals surface area contributed by atoms with E-state index < -0.39 is 0 Å². The summed E-state index contributed by atoms with van der Waals surface area (Å²) in [4.78, 5) is 0. The summed E-state index contributed by atoms with van der Waals surface area (Å²) in [6.07, 6.45) is 0. The normalized spacial score (nSPS) is 12.2. The number of hydrogen-bond donors (Lipinski definition) is 1. The quantitative estimate of drug-likeness (QED) is 0.905. The molecule has 0 saturated heterocycles. The third-order valence-corrected chi connectivity index (χ3v) is 3.42. The van der Waals surface area contributed by atoms with E-state index in [0.29, 0.717) is 17.4 Å². The SMILES string of the molecule is Cc1ccccc1COc1ccc(C(C)N)cc1Cl. The van der Waals surface area contributed by atoms with Crippen LogP contribution in [0.1, 0.15) is 29.7 Å². The van der Waals surface area contributed by atoms with E-state index in [9.17, 15) is 0 Å². The van der Waals surface area contributed by atoms with E-state index in [-0.39, 0.29) is 6.04 Å². The molecule has 0 spiro atoms. The summed E-state index contributed by atoms with van der Waals surface area (Å²) in [5.74, 6) is 0.689. The second-order valence-corrected chi connectivity index (χ2v) is 5.10. The molecule has 2 aromatic carbocycles. The maximum atomic E-state index is 6.20. The molecule has 0 fully saturated rings. The Hall–Kier alpha value is -1.51. The van der Waals surface area contributed by atoms with Crippen LogP contribution in [0.3, 0.4) is 0 Å². The highest BCUT2D eigenvalue weighted by molar-refractivity contribution is 6.32. The number of aryl methyl sites for hydroxylation is 1. The van der Waals surface area contributed by atoms with Gasteiger partial charge >= 0.3 is 0 Å². The van der Waals surface area contributed by atoms with Crippen molar-refractivity contribution >= 4 is 11.6 Å². The van der Waals surface area contributed by atoms with Gasteiger partial charge in [0.25, 0.3) is 0 Å². The Labute approximate surface area is 119 Å². The van der Waals surface area contributed by atoms with Crippen LogP contribution >= 0.6 is 11.6 Å². The zero-order valence-electron chi connectivity index (χ0n) is 11.2. The molecule has 1 unspecified atom stereocenters. The van der Waals surface area contributed by atoms with E-state index in [1.165, 1.54) is 5.56 Å². The summed E-state index contributed by atoms with van der Waals surface area (Å²) in [5, 5.41) is 0.600. The van der Waals surface area contributed by atoms with Crippen LogP contribution in [0.2, 0.25) is 5.02 Å². The lowest BCUT2D eigenvalue weighted by Gasteiger charge is -2.12. The first-order valence-corrected chi connectivity index (χ1v) is 6.68. The van der Waals surface area contributed by atoms with Gasteiger partial charge in [-0.25, -0.2) is 0 Å². The van der Waals surface area contributed by atoms with Crippen LogP contribution in [0.15, 0.2) is 42.5 Å². The predicted octanol–water partition coefficient (Wildman–Crippen LogP) is 4.25. The zero-order valence-corrected chi connectivity index (χ0v) is 11.9. The highest BCUT2D eigenvalue weighted by Crippen LogP contribution is 2.28. The highest BCUT2D eigenvalue weighted by atomic mass is 35.5. The molecular weight excluding hydrogens is 258 g/mol. The Bertz CT molecular complexity index is 566. The van der Waals surface area contributed by atoms with E-state index in [1.54, 1.807) is 0 Å². The molecule has 2 N–H and O–H groups in total. The Kier molecular flexibility index (Phi) is 4.46. The van der Waals surface area contributed by atoms with Crippen molar-refractivity contribution < 1.29 is 4.74 Å². The van der Waals surface area contributed by atoms with Crippen LogP contribution in [0.5, 0.6) is 5.75 Å². The van der Waals surface area contributed by atoms with E-state index in [0.717, 1.165) is 11.1 Å². The average Bonchev–Trinajstić information content (AvgIpc) is 2.39. The van der Waals surface area contributed by atoms with Crippen molar-refractivity contribution in [3.8, 4) is 5.75 Å². The van der Waals surface area contributed by atoms with Crippen molar-refractivity contribution in [1.29, 1.82) is 0 Å². The van der Waals surface area contributed by atoms with Crippen molar-refractivity contribution in [2.75, 3.05) is 0 Å². The molecule has 19 heavy (non-hydrogen) atoms. The van der Waals surface area contributed by atoms with Crippen LogP contribution in [0.25, 0.3) is 0 Å². The lowest BCUT2D eigenvalue weighted by atomic mass is 10.1. The molecule has 0 aliphatic heterocycles. The number of nitrogens with two attached hydrogens (primary N) is 1. The predicted molar refractivity (Wildman–Crippen MR) is 79.6 cm³/mol. The van der Waals surface area contributed by atoms with Crippen molar-refractivity contribution in [1.82, 2.24) is 0 Å². The van der Waals surface area contributed by atoms with Gasteiger partial charge in [0.05, 0.1) is 5.02 Å². The molecule has 2 nitrogen and oxygen atoms in total. The highest BCUT2D eigenvalue weighted by Gasteiger charge is 2.06. The third-order valence-electron chi connectivity index (χ3n) is 3.13. The maximum Gasteiger partial charge on any atom is 0.138 e. The van der Waals surface area contributed by atoms with Crippen molar-refractivity contribution in [2.45, 2.75) is 26.5 Å². The molecule has 0 saturated carbocycles. The minimum absolute atomic E-state index is 0.0251. The average molecular weight is 276 g/mol. The Morgan fingerprint density at radius 2 is 1.95 bits per heavy atom. The fourth-order valence-corrected chi connectivity index (χ4v) is 2.09. The lowest BCUT2D eigenvalue weighted by Crippen LogP contribution is -2.05. The summed E-state index contributed by atoms with van der Waals surface area (Å²) in [7, 11) is 0. The van der Waals surface area contributed by atoms with Crippen LogP contribution in [-0.2, 0) is 6.61 Å². The van der Waals surface area contributed by atoms with Crippen molar-refractivity contribution in [2.24, 2.45) is 5.73 Å². The van der Waals surface area contributed by atoms with Gasteiger partial charge in [-0.2, -0.15) is 0 Å². The van der Waals surface area contributed by atoms with E-state index in [1.807, 2.05) is 37.3 Å². The first kappa shape index (κ1) is 13.9. The van der Waals surface area contributed by atoms with Crippen molar-refractivity contribution in [3.05, 3.63) is 64.2 Å². The summed E-state index contributed by atoms with van der Waals surface area (Å²) in [6.45, 7) is 4.52. The van der Waals surface area contributed by atoms with Gasteiger partial charge in [0, 0.05) is 6.04 Å². The van der Waals surface area contributed by atoms with Gasteiger partial charge in [-0.15, -0.1) is 0 Å². The molecule has 2 rings (SSSR count). The van der Waals surface area contributed by atoms with Crippen molar-refractivity contribution in [3.63, 3.8) is 0 Å². The molecule has 0 bridgehead atoms. The molecular formula is C16H18ClNO. The van der Waals surface area contributed by atoms with E-state index >= 15 is 0 Å². The second-order valence-electron chi connectivity index (χ2n) is 4.69. The summed E-state index contributed by atoms with van der Waals surface area (Å²) in [5.41, 5.74) is 9.20. The lowest BCUT2D eigenvalue weighted by molar-refractivity contribution is 0.305. The monoisotopic (exact) mass is 275 g/mol. The van der Waals surface area contributed by atoms with Crippen LogP contribution in [-0.4, -0.2) is 0 Å². The van der Waals surface area contributed by atoms with Crippen LogP contribution < -0.4 is 10.5 Å². The molecule has 2 aromatic rings. The molecule has 3 heteroatoms. The maximum absolute atomic E-state index is 6.20. The molecule has 0 radical (unpaired) electrons. The fourth-order valence-electron chi connectivity index (χ4n) is 1.84. The number of halogens is 1. The van der Waals surface area contributed by atoms with Crippen LogP contribution in [0, 0.1) is 6.92 Å². The minimum Gasteiger partial charge on any atom is -0.487 e. The van der Waals surface area contributed by atoms with E-state index in [2.05, 4.69) is 19.1 Å². The topological polar surface area (TPSA) is 35.2 Å². The molecule has 0 aliphatic rings. The van der Waals surface area contributed by atoms with Gasteiger partial charge in [0.2, 0.25) is 0 Å². The molecule has 0 amide bonds. The van der Waals surface area contributed by atoms with Crippen LogP contribution in [0.4, 0.5) is 0 Å². The second kappa shape index (κ2) is 6.09. The first-order valence-electron chi connectivity index (χ1n) is 6.30. The van der Waals surface area contributed by atoms with Gasteiger partial charge in [0.15, 0.2) is 0 Å². The Morgan fingerprint density at radius 1 is 1.21 bits per heavy atom. The smallest absolute Gasteiger partial charge is 0.138 e. The molecule has 1 atom stereocenters. The number of hydrogen-bond acceptors (Lipinski definition) is 2. The molecule has 0 aromatic heterocycles. The van der Waals surface area contributed by atoms with Gasteiger partial charge in [0.1, 0.15) is 12.4 Å². The largest absolute Gasteiger partial charge is 0.487 e. The number of ether oxygens (including phenoxy) is 1. The molecule has 100 valence electrons. The molecule has 0 aliphatic carbocycles. The standard InChI is InChI=1S/C16H18ClNO/c1-11-5-3-4-6-14(11)10-19-16-8-7-13(12(2)18)9-15(16)17/h3-9,12H,10,18H2,1-2H3. The Balaban J connectivity index is 2.10. The fraction of sp³-hybridized carbons (Fsp3) is 0.250. The van der Waals surface area contributed by atoms with Gasteiger partial charge in [-0.1, -0.05) is 41.9 Å². The summed E-state index contributed by atoms with van der Waals surface area (Å²) < 4.78 is 5.77. The number of benzene rings is 2. The van der Waals surface area contributed by atoms with E-state index in [4.69, 9.17) is 22.1 Å². The summed E-state index contributed by atoms with van der Waals surface area (Å²) in [6, 6.07) is 13.8.